The largest absolute Gasteiger partial charge is 0.394 e. The zero-order chi connectivity index (χ0) is 16.4. The summed E-state index contributed by atoms with van der Waals surface area (Å²) in [5.41, 5.74) is -0.00888. The number of ether oxygens (including phenoxy) is 1. The second-order valence-corrected chi connectivity index (χ2v) is 5.13. The van der Waals surface area contributed by atoms with Crippen molar-refractivity contribution >= 4 is 17.4 Å². The van der Waals surface area contributed by atoms with Crippen molar-refractivity contribution in [3.05, 3.63) is 0 Å². The average Bonchev–Trinajstić information content (AvgIpc) is 2.78. The molecule has 2 rings (SSSR count). The molecule has 0 spiro atoms. The summed E-state index contributed by atoms with van der Waals surface area (Å²) < 4.78 is 5.13. The highest BCUT2D eigenvalue weighted by molar-refractivity contribution is 6.42. The van der Waals surface area contributed by atoms with Crippen LogP contribution in [0.25, 0.3) is 0 Å². The minimum absolute atomic E-state index is 0.00888. The standard InChI is InChI=1S/C12H18N4O6/c1-2-3-5(13)7-9(19)11(21)16(15-14-7)12-10(20)8(18)6(4-17)22-12/h6-8,10,12-13,17-18,20H,2-4H2,1H3. The van der Waals surface area contributed by atoms with E-state index >= 15 is 0 Å². The van der Waals surface area contributed by atoms with E-state index in [1.54, 1.807) is 0 Å². The van der Waals surface area contributed by atoms with Crippen molar-refractivity contribution in [3.63, 3.8) is 0 Å². The minimum Gasteiger partial charge on any atom is -0.394 e. The fourth-order valence-corrected chi connectivity index (χ4v) is 2.31. The zero-order valence-corrected chi connectivity index (χ0v) is 11.9. The molecule has 2 aliphatic heterocycles. The van der Waals surface area contributed by atoms with Crippen molar-refractivity contribution in [3.8, 4) is 0 Å². The minimum atomic E-state index is -1.53. The highest BCUT2D eigenvalue weighted by Crippen LogP contribution is 2.26. The summed E-state index contributed by atoms with van der Waals surface area (Å²) in [7, 11) is 0. The van der Waals surface area contributed by atoms with Gasteiger partial charge in [0.1, 0.15) is 18.3 Å². The molecule has 10 nitrogen and oxygen atoms in total. The molecule has 1 fully saturated rings. The number of rotatable bonds is 5. The first-order chi connectivity index (χ1) is 10.4. The molecule has 0 bridgehead atoms. The molecule has 0 radical (unpaired) electrons. The second-order valence-electron chi connectivity index (χ2n) is 5.13. The number of nitrogens with one attached hydrogen (secondary N) is 1. The molecule has 122 valence electrons. The van der Waals surface area contributed by atoms with Crippen LogP contribution in [0.3, 0.4) is 0 Å². The number of aliphatic hydroxyl groups excluding tert-OH is 3. The summed E-state index contributed by atoms with van der Waals surface area (Å²) in [4.78, 5) is 24.1. The molecule has 2 aliphatic rings. The second kappa shape index (κ2) is 6.57. The molecule has 5 atom stereocenters. The van der Waals surface area contributed by atoms with Crippen LogP contribution in [-0.2, 0) is 14.3 Å². The Balaban J connectivity index is 2.18. The van der Waals surface area contributed by atoms with E-state index in [4.69, 9.17) is 15.3 Å². The Morgan fingerprint density at radius 2 is 2.05 bits per heavy atom. The lowest BCUT2D eigenvalue weighted by molar-refractivity contribution is -0.163. The number of hydrogen-bond donors (Lipinski definition) is 4. The van der Waals surface area contributed by atoms with Crippen molar-refractivity contribution < 1.29 is 29.6 Å². The SMILES string of the molecule is CCCC(=N)C1N=NN(C2OC(CO)C(O)C2O)C(=O)C1=O. The number of ketones is 1. The van der Waals surface area contributed by atoms with Crippen LogP contribution >= 0.6 is 0 Å². The van der Waals surface area contributed by atoms with Crippen LogP contribution in [0.1, 0.15) is 19.8 Å². The van der Waals surface area contributed by atoms with E-state index in [0.29, 0.717) is 17.9 Å². The fraction of sp³-hybridized carbons (Fsp3) is 0.750. The highest BCUT2D eigenvalue weighted by atomic mass is 16.6. The van der Waals surface area contributed by atoms with Gasteiger partial charge >= 0.3 is 5.91 Å². The summed E-state index contributed by atoms with van der Waals surface area (Å²) >= 11 is 0. The van der Waals surface area contributed by atoms with E-state index in [1.165, 1.54) is 0 Å². The van der Waals surface area contributed by atoms with Crippen molar-refractivity contribution in [1.29, 1.82) is 5.41 Å². The van der Waals surface area contributed by atoms with Crippen LogP contribution < -0.4 is 0 Å². The number of carbonyl (C=O) groups excluding carboxylic acids is 2. The van der Waals surface area contributed by atoms with E-state index in [2.05, 4.69) is 10.3 Å². The first-order valence-corrected chi connectivity index (χ1v) is 6.90. The third-order valence-electron chi connectivity index (χ3n) is 3.54. The monoisotopic (exact) mass is 314 g/mol. The lowest BCUT2D eigenvalue weighted by Crippen LogP contribution is -2.52. The van der Waals surface area contributed by atoms with Crippen molar-refractivity contribution in [2.24, 2.45) is 10.3 Å². The Bertz CT molecular complexity index is 510. The Kier molecular flexibility index (Phi) is 4.96. The maximum atomic E-state index is 12.1. The molecule has 1 saturated heterocycles. The first kappa shape index (κ1) is 16.6. The van der Waals surface area contributed by atoms with Gasteiger partial charge in [0, 0.05) is 5.71 Å². The van der Waals surface area contributed by atoms with Gasteiger partial charge in [0.05, 0.1) is 6.61 Å². The Labute approximate surface area is 125 Å². The predicted octanol–water partition coefficient (Wildman–Crippen LogP) is -1.61. The highest BCUT2D eigenvalue weighted by Gasteiger charge is 2.50. The fourth-order valence-electron chi connectivity index (χ4n) is 2.31. The summed E-state index contributed by atoms with van der Waals surface area (Å²) in [6.07, 6.45) is -4.49. The molecule has 0 aliphatic carbocycles. The van der Waals surface area contributed by atoms with Gasteiger partial charge in [-0.05, 0) is 6.42 Å². The van der Waals surface area contributed by atoms with Crippen molar-refractivity contribution in [2.45, 2.75) is 50.3 Å². The summed E-state index contributed by atoms with van der Waals surface area (Å²) in [5.74, 6) is -2.01. The third kappa shape index (κ3) is 2.77. The number of hydrogen-bond acceptors (Lipinski definition) is 9. The smallest absolute Gasteiger partial charge is 0.316 e. The van der Waals surface area contributed by atoms with Crippen LogP contribution in [-0.4, -0.2) is 74.9 Å². The Morgan fingerprint density at radius 3 is 2.59 bits per heavy atom. The topological polar surface area (TPSA) is 156 Å². The average molecular weight is 314 g/mol. The molecule has 5 unspecified atom stereocenters. The maximum absolute atomic E-state index is 12.1. The predicted molar refractivity (Wildman–Crippen MR) is 70.9 cm³/mol. The van der Waals surface area contributed by atoms with Gasteiger partial charge in [-0.15, -0.1) is 0 Å². The quantitative estimate of drug-likeness (QED) is 0.353. The molecule has 4 N–H and O–H groups in total. The molecule has 0 saturated carbocycles. The Morgan fingerprint density at radius 1 is 1.36 bits per heavy atom. The van der Waals surface area contributed by atoms with Gasteiger partial charge in [0.2, 0.25) is 0 Å². The van der Waals surface area contributed by atoms with Gasteiger partial charge < -0.3 is 25.5 Å². The van der Waals surface area contributed by atoms with Gasteiger partial charge in [-0.3, -0.25) is 9.59 Å². The number of nitrogens with zero attached hydrogens (tertiary/aromatic N) is 3. The summed E-state index contributed by atoms with van der Waals surface area (Å²) in [5, 5.41) is 44.0. The van der Waals surface area contributed by atoms with E-state index in [-0.39, 0.29) is 5.71 Å². The lowest BCUT2D eigenvalue weighted by Gasteiger charge is -2.28. The number of carbonyl (C=O) groups is 2. The van der Waals surface area contributed by atoms with Crippen molar-refractivity contribution in [2.75, 3.05) is 6.61 Å². The van der Waals surface area contributed by atoms with Gasteiger partial charge in [0.15, 0.2) is 12.3 Å². The van der Waals surface area contributed by atoms with Gasteiger partial charge in [-0.1, -0.05) is 18.6 Å². The third-order valence-corrected chi connectivity index (χ3v) is 3.54. The molecular formula is C12H18N4O6. The van der Waals surface area contributed by atoms with Crippen LogP contribution in [0.4, 0.5) is 0 Å². The van der Waals surface area contributed by atoms with Gasteiger partial charge in [-0.25, -0.2) is 0 Å². The van der Waals surface area contributed by atoms with E-state index < -0.39 is 48.9 Å². The van der Waals surface area contributed by atoms with Gasteiger partial charge in [-0.2, -0.15) is 10.1 Å². The van der Waals surface area contributed by atoms with Crippen LogP contribution in [0.2, 0.25) is 0 Å². The number of Topliss-reactive ketones (excluding diaryl/α,β-unsaturated/α-hetero) is 1. The molecule has 0 aromatic rings. The molecule has 22 heavy (non-hydrogen) atoms. The van der Waals surface area contributed by atoms with E-state index in [1.807, 2.05) is 6.92 Å². The normalized spacial score (nSPS) is 35.3. The first-order valence-electron chi connectivity index (χ1n) is 6.90. The maximum Gasteiger partial charge on any atom is 0.316 e. The van der Waals surface area contributed by atoms with Crippen LogP contribution in [0, 0.1) is 5.41 Å². The molecule has 2 heterocycles. The zero-order valence-electron chi connectivity index (χ0n) is 11.9. The summed E-state index contributed by atoms with van der Waals surface area (Å²) in [6.45, 7) is 1.26. The summed E-state index contributed by atoms with van der Waals surface area (Å²) in [6, 6.07) is -1.25. The molecule has 0 aromatic heterocycles. The molecule has 10 heteroatoms. The lowest BCUT2D eigenvalue weighted by atomic mass is 10.0. The number of aliphatic hydroxyl groups is 3. The Hall–Kier alpha value is -1.75. The van der Waals surface area contributed by atoms with Crippen molar-refractivity contribution in [1.82, 2.24) is 5.01 Å². The molecule has 1 amide bonds. The van der Waals surface area contributed by atoms with Crippen LogP contribution in [0.15, 0.2) is 10.3 Å². The number of amides is 1. The molecular weight excluding hydrogens is 296 g/mol. The van der Waals surface area contributed by atoms with Crippen LogP contribution in [0.5, 0.6) is 0 Å². The van der Waals surface area contributed by atoms with E-state index in [9.17, 15) is 19.8 Å². The van der Waals surface area contributed by atoms with Gasteiger partial charge in [0.25, 0.3) is 5.78 Å². The molecule has 0 aromatic carbocycles. The van der Waals surface area contributed by atoms with E-state index in [0.717, 1.165) is 0 Å².